The molecule has 0 aliphatic carbocycles. The Morgan fingerprint density at radius 1 is 1.27 bits per heavy atom. The molecule has 0 bridgehead atoms. The van der Waals surface area contributed by atoms with Crippen LogP contribution in [0.3, 0.4) is 0 Å². The minimum atomic E-state index is -0.950. The second-order valence-electron chi connectivity index (χ2n) is 6.67. The summed E-state index contributed by atoms with van der Waals surface area (Å²) in [6.07, 6.45) is 0. The predicted molar refractivity (Wildman–Crippen MR) is 105 cm³/mol. The van der Waals surface area contributed by atoms with Crippen LogP contribution in [0.15, 0.2) is 42.5 Å². The Morgan fingerprint density at radius 3 is 2.77 bits per heavy atom. The first kappa shape index (κ1) is 17.4. The molecule has 2 aromatic carbocycles. The lowest BCUT2D eigenvalue weighted by Gasteiger charge is -2.32. The lowest BCUT2D eigenvalue weighted by atomic mass is 10.0. The molecule has 6 heteroatoms. The summed E-state index contributed by atoms with van der Waals surface area (Å²) in [6, 6.07) is 13.6. The van der Waals surface area contributed by atoms with E-state index < -0.39 is 4.87 Å². The molecule has 2 aromatic rings. The third-order valence-corrected chi connectivity index (χ3v) is 6.80. The fourth-order valence-corrected chi connectivity index (χ4v) is 5.51. The number of hydrogen-bond donors (Lipinski definition) is 0. The molecule has 1 atom stereocenters. The van der Waals surface area contributed by atoms with Gasteiger partial charge in [-0.2, -0.15) is 0 Å². The molecular formula is C20H19ClN2O2S. The maximum absolute atomic E-state index is 13.6. The third-order valence-electron chi connectivity index (χ3n) is 5.02. The number of amides is 2. The summed E-state index contributed by atoms with van der Waals surface area (Å²) in [5.74, 6) is 0.615. The second kappa shape index (κ2) is 6.32. The lowest BCUT2D eigenvalue weighted by molar-refractivity contribution is -0.138. The highest BCUT2D eigenvalue weighted by Crippen LogP contribution is 2.54. The molecule has 0 radical (unpaired) electrons. The van der Waals surface area contributed by atoms with E-state index in [1.807, 2.05) is 49.4 Å². The van der Waals surface area contributed by atoms with Crippen LogP contribution in [0.4, 0.5) is 5.69 Å². The average Bonchev–Trinajstić information content (AvgIpc) is 3.15. The number of halogens is 1. The number of carbonyl (C=O) groups excluding carboxylic acids is 2. The highest BCUT2D eigenvalue weighted by atomic mass is 35.5. The van der Waals surface area contributed by atoms with E-state index in [2.05, 4.69) is 0 Å². The molecule has 0 N–H and O–H groups in total. The van der Waals surface area contributed by atoms with Crippen LogP contribution in [-0.2, 0) is 21.0 Å². The normalized spacial score (nSPS) is 21.6. The first-order valence-corrected chi connectivity index (χ1v) is 9.90. The van der Waals surface area contributed by atoms with Crippen molar-refractivity contribution in [2.24, 2.45) is 0 Å². The molecule has 2 aliphatic rings. The molecule has 1 unspecified atom stereocenters. The van der Waals surface area contributed by atoms with Crippen molar-refractivity contribution in [3.8, 4) is 0 Å². The Labute approximate surface area is 162 Å². The van der Waals surface area contributed by atoms with Crippen molar-refractivity contribution in [3.63, 3.8) is 0 Å². The first-order chi connectivity index (χ1) is 12.4. The fourth-order valence-electron chi connectivity index (χ4n) is 3.82. The van der Waals surface area contributed by atoms with Crippen LogP contribution < -0.4 is 4.90 Å². The SMILES string of the molecule is CC(=O)N1CCSC12C(=O)N(Cc1ccccc1Cl)c1ccc(C)cc12. The van der Waals surface area contributed by atoms with Crippen LogP contribution in [-0.4, -0.2) is 29.0 Å². The van der Waals surface area contributed by atoms with Crippen molar-refractivity contribution < 1.29 is 9.59 Å². The molecule has 1 fully saturated rings. The van der Waals surface area contributed by atoms with Gasteiger partial charge in [0.25, 0.3) is 5.91 Å². The number of rotatable bonds is 2. The lowest BCUT2D eigenvalue weighted by Crippen LogP contribution is -2.49. The molecule has 2 amide bonds. The highest BCUT2D eigenvalue weighted by Gasteiger charge is 2.58. The largest absolute Gasteiger partial charge is 0.315 e. The van der Waals surface area contributed by atoms with E-state index in [9.17, 15) is 9.59 Å². The van der Waals surface area contributed by atoms with Crippen molar-refractivity contribution in [2.75, 3.05) is 17.2 Å². The van der Waals surface area contributed by atoms with Crippen LogP contribution >= 0.6 is 23.4 Å². The van der Waals surface area contributed by atoms with Crippen molar-refractivity contribution in [3.05, 3.63) is 64.2 Å². The molecule has 0 saturated carbocycles. The molecule has 1 spiro atoms. The number of nitrogens with zero attached hydrogens (tertiary/aromatic N) is 2. The molecule has 134 valence electrons. The summed E-state index contributed by atoms with van der Waals surface area (Å²) in [4.78, 5) is 28.4. The van der Waals surface area contributed by atoms with Crippen molar-refractivity contribution >= 4 is 40.9 Å². The van der Waals surface area contributed by atoms with Gasteiger partial charge in [0.1, 0.15) is 0 Å². The minimum Gasteiger partial charge on any atom is -0.315 e. The molecule has 2 aliphatic heterocycles. The topological polar surface area (TPSA) is 40.6 Å². The average molecular weight is 387 g/mol. The van der Waals surface area contributed by atoms with Gasteiger partial charge in [-0.25, -0.2) is 0 Å². The van der Waals surface area contributed by atoms with E-state index in [0.29, 0.717) is 18.1 Å². The fraction of sp³-hybridized carbons (Fsp3) is 0.300. The van der Waals surface area contributed by atoms with Gasteiger partial charge in [-0.15, -0.1) is 11.8 Å². The van der Waals surface area contributed by atoms with Crippen molar-refractivity contribution in [1.29, 1.82) is 0 Å². The van der Waals surface area contributed by atoms with E-state index in [0.717, 1.165) is 28.1 Å². The zero-order chi connectivity index (χ0) is 18.5. The third kappa shape index (κ3) is 2.45. The maximum Gasteiger partial charge on any atom is 0.268 e. The molecule has 4 rings (SSSR count). The summed E-state index contributed by atoms with van der Waals surface area (Å²) in [5.41, 5.74) is 3.74. The second-order valence-corrected chi connectivity index (χ2v) is 8.36. The summed E-state index contributed by atoms with van der Waals surface area (Å²) >= 11 is 7.87. The number of fused-ring (bicyclic) bond motifs is 2. The van der Waals surface area contributed by atoms with Gasteiger partial charge >= 0.3 is 0 Å². The minimum absolute atomic E-state index is 0.0595. The molecular weight excluding hydrogens is 368 g/mol. The zero-order valence-corrected chi connectivity index (χ0v) is 16.2. The Morgan fingerprint density at radius 2 is 2.04 bits per heavy atom. The Hall–Kier alpha value is -1.98. The summed E-state index contributed by atoms with van der Waals surface area (Å²) in [7, 11) is 0. The summed E-state index contributed by atoms with van der Waals surface area (Å²) < 4.78 is 0. The molecule has 2 heterocycles. The Bertz CT molecular complexity index is 916. The van der Waals surface area contributed by atoms with Gasteiger partial charge < -0.3 is 9.80 Å². The molecule has 0 aromatic heterocycles. The summed E-state index contributed by atoms with van der Waals surface area (Å²) in [6.45, 7) is 4.52. The smallest absolute Gasteiger partial charge is 0.268 e. The highest BCUT2D eigenvalue weighted by molar-refractivity contribution is 8.01. The summed E-state index contributed by atoms with van der Waals surface area (Å²) in [5, 5.41) is 0.636. The quantitative estimate of drug-likeness (QED) is 0.784. The van der Waals surface area contributed by atoms with Gasteiger partial charge in [-0.1, -0.05) is 47.5 Å². The van der Waals surface area contributed by atoms with E-state index in [1.165, 1.54) is 6.92 Å². The van der Waals surface area contributed by atoms with Gasteiger partial charge in [0.2, 0.25) is 5.91 Å². The number of carbonyl (C=O) groups is 2. The van der Waals surface area contributed by atoms with Crippen LogP contribution in [0.2, 0.25) is 5.02 Å². The van der Waals surface area contributed by atoms with Crippen LogP contribution in [0, 0.1) is 6.92 Å². The van der Waals surface area contributed by atoms with Crippen LogP contribution in [0.1, 0.15) is 23.6 Å². The number of benzene rings is 2. The number of thioether (sulfide) groups is 1. The van der Waals surface area contributed by atoms with E-state index >= 15 is 0 Å². The van der Waals surface area contributed by atoms with Gasteiger partial charge in [0.15, 0.2) is 4.87 Å². The number of hydrogen-bond acceptors (Lipinski definition) is 3. The van der Waals surface area contributed by atoms with Crippen molar-refractivity contribution in [1.82, 2.24) is 4.90 Å². The monoisotopic (exact) mass is 386 g/mol. The Balaban J connectivity index is 1.85. The number of aryl methyl sites for hydroxylation is 1. The van der Waals surface area contributed by atoms with Crippen LogP contribution in [0.5, 0.6) is 0 Å². The van der Waals surface area contributed by atoms with E-state index in [-0.39, 0.29) is 11.8 Å². The standard InChI is InChI=1S/C20H19ClN2O2S/c1-13-7-8-18-16(11-13)20(23(14(2)24)9-10-26-20)19(25)22(18)12-15-5-3-4-6-17(15)21/h3-8,11H,9-10,12H2,1-2H3. The van der Waals surface area contributed by atoms with Crippen LogP contribution in [0.25, 0.3) is 0 Å². The number of anilines is 1. The van der Waals surface area contributed by atoms with E-state index in [1.54, 1.807) is 21.6 Å². The molecule has 26 heavy (non-hydrogen) atoms. The van der Waals surface area contributed by atoms with Gasteiger partial charge in [0, 0.05) is 29.8 Å². The first-order valence-electron chi connectivity index (χ1n) is 8.54. The predicted octanol–water partition coefficient (Wildman–Crippen LogP) is 3.94. The van der Waals surface area contributed by atoms with Gasteiger partial charge in [-0.05, 0) is 24.6 Å². The van der Waals surface area contributed by atoms with E-state index in [4.69, 9.17) is 11.6 Å². The zero-order valence-electron chi connectivity index (χ0n) is 14.7. The maximum atomic E-state index is 13.6. The van der Waals surface area contributed by atoms with Crippen molar-refractivity contribution in [2.45, 2.75) is 25.3 Å². The van der Waals surface area contributed by atoms with Gasteiger partial charge in [-0.3, -0.25) is 9.59 Å². The Kier molecular flexibility index (Phi) is 4.24. The van der Waals surface area contributed by atoms with Gasteiger partial charge in [0.05, 0.1) is 12.2 Å². The molecule has 1 saturated heterocycles. The molecule has 4 nitrogen and oxygen atoms in total.